The highest BCUT2D eigenvalue weighted by atomic mass is 16.3. The van der Waals surface area contributed by atoms with E-state index in [0.717, 1.165) is 12.0 Å². The zero-order chi connectivity index (χ0) is 14.6. The van der Waals surface area contributed by atoms with Crippen LogP contribution in [0.15, 0.2) is 54.6 Å². The van der Waals surface area contributed by atoms with E-state index in [1.165, 1.54) is 11.1 Å². The minimum Gasteiger partial charge on any atom is -0.508 e. The number of phenols is 1. The van der Waals surface area contributed by atoms with E-state index in [4.69, 9.17) is 0 Å². The number of hydrogen-bond donors (Lipinski definition) is 1. The predicted octanol–water partition coefficient (Wildman–Crippen LogP) is 4.95. The van der Waals surface area contributed by atoms with Crippen molar-refractivity contribution in [3.8, 4) is 5.75 Å². The van der Waals surface area contributed by atoms with Gasteiger partial charge in [0.15, 0.2) is 0 Å². The van der Waals surface area contributed by atoms with Gasteiger partial charge in [-0.2, -0.15) is 0 Å². The lowest BCUT2D eigenvalue weighted by Gasteiger charge is -2.20. The third-order valence-electron chi connectivity index (χ3n) is 3.39. The van der Waals surface area contributed by atoms with E-state index in [1.54, 1.807) is 6.07 Å². The van der Waals surface area contributed by atoms with Gasteiger partial charge in [-0.15, -0.1) is 0 Å². The van der Waals surface area contributed by atoms with Crippen molar-refractivity contribution in [2.24, 2.45) is 0 Å². The van der Waals surface area contributed by atoms with Crippen molar-refractivity contribution in [2.45, 2.75) is 32.6 Å². The molecule has 1 N–H and O–H groups in total. The first-order valence-corrected chi connectivity index (χ1v) is 7.01. The molecule has 0 unspecified atom stereocenters. The van der Waals surface area contributed by atoms with Gasteiger partial charge in [0.1, 0.15) is 5.75 Å². The highest BCUT2D eigenvalue weighted by Crippen LogP contribution is 2.27. The van der Waals surface area contributed by atoms with Crippen LogP contribution in [0.5, 0.6) is 5.75 Å². The van der Waals surface area contributed by atoms with E-state index in [0.29, 0.717) is 5.75 Å². The van der Waals surface area contributed by atoms with E-state index >= 15 is 0 Å². The fraction of sp³-hybridized carbons (Fsp3) is 0.263. The molecule has 0 aliphatic carbocycles. The molecule has 2 aromatic carbocycles. The quantitative estimate of drug-likeness (QED) is 0.833. The highest BCUT2D eigenvalue weighted by molar-refractivity contribution is 5.50. The summed E-state index contributed by atoms with van der Waals surface area (Å²) in [4.78, 5) is 0. The predicted molar refractivity (Wildman–Crippen MR) is 86.0 cm³/mol. The molecule has 2 aromatic rings. The van der Waals surface area contributed by atoms with Crippen molar-refractivity contribution in [1.29, 1.82) is 0 Å². The van der Waals surface area contributed by atoms with Crippen molar-refractivity contribution < 1.29 is 5.11 Å². The molecular weight excluding hydrogens is 244 g/mol. The van der Waals surface area contributed by atoms with Gasteiger partial charge in [-0.25, -0.2) is 0 Å². The van der Waals surface area contributed by atoms with Gasteiger partial charge in [0.25, 0.3) is 0 Å². The van der Waals surface area contributed by atoms with Gasteiger partial charge >= 0.3 is 0 Å². The van der Waals surface area contributed by atoms with Crippen molar-refractivity contribution in [3.05, 3.63) is 71.3 Å². The Kier molecular flexibility index (Phi) is 4.29. The Labute approximate surface area is 121 Å². The van der Waals surface area contributed by atoms with Crippen LogP contribution in [0.4, 0.5) is 0 Å². The molecule has 0 saturated heterocycles. The standard InChI is InChI=1S/C19H22O/c1-19(2,3)17-12-13-18(20)16(14-17)11-7-10-15-8-5-4-6-9-15/h4-10,12-14,20H,11H2,1-3H3. The SMILES string of the molecule is CC(C)(C)c1ccc(O)c(CC=Cc2ccccc2)c1. The zero-order valence-corrected chi connectivity index (χ0v) is 12.4. The average molecular weight is 266 g/mol. The molecule has 104 valence electrons. The molecule has 0 aromatic heterocycles. The molecule has 0 radical (unpaired) electrons. The molecule has 0 fully saturated rings. The van der Waals surface area contributed by atoms with Crippen LogP contribution in [-0.4, -0.2) is 5.11 Å². The number of hydrogen-bond acceptors (Lipinski definition) is 1. The maximum Gasteiger partial charge on any atom is 0.119 e. The van der Waals surface area contributed by atoms with E-state index in [9.17, 15) is 5.11 Å². The van der Waals surface area contributed by atoms with Crippen LogP contribution in [0, 0.1) is 0 Å². The number of rotatable bonds is 3. The van der Waals surface area contributed by atoms with Crippen LogP contribution in [0.2, 0.25) is 0 Å². The lowest BCUT2D eigenvalue weighted by Crippen LogP contribution is -2.11. The van der Waals surface area contributed by atoms with Crippen LogP contribution in [0.3, 0.4) is 0 Å². The molecule has 0 spiro atoms. The second-order valence-electron chi connectivity index (χ2n) is 6.11. The first kappa shape index (κ1) is 14.4. The first-order valence-electron chi connectivity index (χ1n) is 7.01. The average Bonchev–Trinajstić information content (AvgIpc) is 2.41. The van der Waals surface area contributed by atoms with E-state index < -0.39 is 0 Å². The molecule has 0 aliphatic heterocycles. The summed E-state index contributed by atoms with van der Waals surface area (Å²) in [7, 11) is 0. The van der Waals surface area contributed by atoms with Gasteiger partial charge in [0.2, 0.25) is 0 Å². The molecule has 0 atom stereocenters. The Hall–Kier alpha value is -2.02. The second-order valence-corrected chi connectivity index (χ2v) is 6.11. The lowest BCUT2D eigenvalue weighted by atomic mass is 9.85. The van der Waals surface area contributed by atoms with E-state index in [2.05, 4.69) is 51.1 Å². The number of phenolic OH excluding ortho intramolecular Hbond substituents is 1. The lowest BCUT2D eigenvalue weighted by molar-refractivity contribution is 0.468. The Morgan fingerprint density at radius 2 is 1.70 bits per heavy atom. The van der Waals surface area contributed by atoms with Crippen LogP contribution in [0.25, 0.3) is 6.08 Å². The van der Waals surface area contributed by atoms with Crippen LogP contribution < -0.4 is 0 Å². The molecular formula is C19H22O. The molecule has 20 heavy (non-hydrogen) atoms. The van der Waals surface area contributed by atoms with Gasteiger partial charge in [-0.3, -0.25) is 0 Å². The summed E-state index contributed by atoms with van der Waals surface area (Å²) in [5.74, 6) is 0.371. The summed E-state index contributed by atoms with van der Waals surface area (Å²) in [6, 6.07) is 16.1. The van der Waals surface area contributed by atoms with Crippen molar-refractivity contribution >= 4 is 6.08 Å². The third kappa shape index (κ3) is 3.74. The molecule has 1 nitrogen and oxygen atoms in total. The van der Waals surface area contributed by atoms with Crippen LogP contribution in [-0.2, 0) is 11.8 Å². The number of benzene rings is 2. The van der Waals surface area contributed by atoms with Crippen molar-refractivity contribution in [2.75, 3.05) is 0 Å². The van der Waals surface area contributed by atoms with E-state index in [1.807, 2.05) is 24.3 Å². The van der Waals surface area contributed by atoms with Gasteiger partial charge in [-0.05, 0) is 34.6 Å². The van der Waals surface area contributed by atoms with Crippen molar-refractivity contribution in [3.63, 3.8) is 0 Å². The molecule has 0 aliphatic rings. The van der Waals surface area contributed by atoms with Gasteiger partial charge < -0.3 is 5.11 Å². The molecule has 2 rings (SSSR count). The highest BCUT2D eigenvalue weighted by Gasteiger charge is 2.14. The third-order valence-corrected chi connectivity index (χ3v) is 3.39. The zero-order valence-electron chi connectivity index (χ0n) is 12.4. The first-order chi connectivity index (χ1) is 9.47. The minimum atomic E-state index is 0.103. The van der Waals surface area contributed by atoms with Crippen LogP contribution in [0.1, 0.15) is 37.5 Å². The van der Waals surface area contributed by atoms with Crippen LogP contribution >= 0.6 is 0 Å². The second kappa shape index (κ2) is 5.96. The molecule has 0 amide bonds. The van der Waals surface area contributed by atoms with E-state index in [-0.39, 0.29) is 5.41 Å². The Morgan fingerprint density at radius 1 is 1.00 bits per heavy atom. The molecule has 0 heterocycles. The summed E-state index contributed by atoms with van der Waals surface area (Å²) >= 11 is 0. The summed E-state index contributed by atoms with van der Waals surface area (Å²) in [5.41, 5.74) is 3.51. The smallest absolute Gasteiger partial charge is 0.119 e. The topological polar surface area (TPSA) is 20.2 Å². The maximum absolute atomic E-state index is 9.96. The molecule has 0 bridgehead atoms. The Balaban J connectivity index is 2.15. The summed E-state index contributed by atoms with van der Waals surface area (Å²) in [6.07, 6.45) is 4.92. The fourth-order valence-electron chi connectivity index (χ4n) is 2.10. The molecule has 1 heteroatoms. The molecule has 0 saturated carbocycles. The van der Waals surface area contributed by atoms with Gasteiger partial charge in [0, 0.05) is 0 Å². The minimum absolute atomic E-state index is 0.103. The van der Waals surface area contributed by atoms with Crippen molar-refractivity contribution in [1.82, 2.24) is 0 Å². The summed E-state index contributed by atoms with van der Waals surface area (Å²) < 4.78 is 0. The monoisotopic (exact) mass is 266 g/mol. The Bertz CT molecular complexity index is 589. The largest absolute Gasteiger partial charge is 0.508 e. The Morgan fingerprint density at radius 3 is 2.35 bits per heavy atom. The van der Waals surface area contributed by atoms with Gasteiger partial charge in [-0.1, -0.05) is 75.4 Å². The normalized spacial score (nSPS) is 11.9. The number of allylic oxidation sites excluding steroid dienone is 1. The number of aromatic hydroxyl groups is 1. The fourth-order valence-corrected chi connectivity index (χ4v) is 2.10. The summed E-state index contributed by atoms with van der Waals surface area (Å²) in [6.45, 7) is 6.55. The van der Waals surface area contributed by atoms with Gasteiger partial charge in [0.05, 0.1) is 0 Å². The maximum atomic E-state index is 9.96. The summed E-state index contributed by atoms with van der Waals surface area (Å²) in [5, 5.41) is 9.96.